The first-order valence-electron chi connectivity index (χ1n) is 11.7. The monoisotopic (exact) mass is 525 g/mol. The van der Waals surface area contributed by atoms with Crippen molar-refractivity contribution in [3.05, 3.63) is 35.4 Å². The summed E-state index contributed by atoms with van der Waals surface area (Å²) in [7, 11) is 0. The number of alkyl halides is 4. The molecule has 3 aromatic heterocycles. The van der Waals surface area contributed by atoms with Crippen molar-refractivity contribution in [3.63, 3.8) is 0 Å². The summed E-state index contributed by atoms with van der Waals surface area (Å²) in [5.74, 6) is 1.16. The van der Waals surface area contributed by atoms with Gasteiger partial charge in [0.05, 0.1) is 24.6 Å². The van der Waals surface area contributed by atoms with Gasteiger partial charge in [-0.3, -0.25) is 14.2 Å². The predicted octanol–water partition coefficient (Wildman–Crippen LogP) is 3.60. The Kier molecular flexibility index (Phi) is 5.52. The molecular formula is C22H23F4N7O4. The van der Waals surface area contributed by atoms with Gasteiger partial charge in [-0.15, -0.1) is 13.2 Å². The predicted molar refractivity (Wildman–Crippen MR) is 118 cm³/mol. The number of alkyl carbamates (subject to hydrolysis) is 1. The second-order valence-corrected chi connectivity index (χ2v) is 9.78. The Labute approximate surface area is 206 Å². The first-order valence-corrected chi connectivity index (χ1v) is 11.7. The number of carbonyl (C=O) groups is 1. The number of amides is 1. The van der Waals surface area contributed by atoms with Crippen molar-refractivity contribution in [2.24, 2.45) is 5.92 Å². The molecule has 3 atom stereocenters. The van der Waals surface area contributed by atoms with E-state index in [0.29, 0.717) is 22.8 Å². The van der Waals surface area contributed by atoms with E-state index >= 15 is 4.39 Å². The Bertz CT molecular complexity index is 1330. The van der Waals surface area contributed by atoms with Crippen molar-refractivity contribution in [2.75, 3.05) is 11.9 Å². The number of carbonyl (C=O) groups excluding carboxylic acids is 1. The van der Waals surface area contributed by atoms with Crippen LogP contribution in [-0.2, 0) is 20.8 Å². The van der Waals surface area contributed by atoms with Crippen LogP contribution in [0.2, 0.25) is 0 Å². The molecule has 1 amide bonds. The molecule has 0 radical (unpaired) electrons. The van der Waals surface area contributed by atoms with Gasteiger partial charge in [0, 0.05) is 29.6 Å². The summed E-state index contributed by atoms with van der Waals surface area (Å²) in [5.41, 5.74) is 1.22. The number of ether oxygens (including phenoxy) is 3. The number of nitrogens with zero attached hydrogens (tertiary/aromatic N) is 4. The van der Waals surface area contributed by atoms with Gasteiger partial charge in [-0.1, -0.05) is 0 Å². The third-order valence-electron chi connectivity index (χ3n) is 6.99. The third-order valence-corrected chi connectivity index (χ3v) is 6.99. The minimum absolute atomic E-state index is 0.0583. The summed E-state index contributed by atoms with van der Waals surface area (Å²) in [5, 5.41) is 12.6. The van der Waals surface area contributed by atoms with Crippen LogP contribution < -0.4 is 10.6 Å². The number of aromatic nitrogens is 5. The molecule has 198 valence electrons. The Morgan fingerprint density at radius 2 is 2.14 bits per heavy atom. The molecule has 3 N–H and O–H groups in total. The molecule has 7 rings (SSSR count). The van der Waals surface area contributed by atoms with Crippen LogP contribution in [0.4, 0.5) is 34.1 Å². The number of anilines is 2. The zero-order valence-electron chi connectivity index (χ0n) is 19.5. The number of halogens is 4. The van der Waals surface area contributed by atoms with E-state index in [1.54, 1.807) is 6.92 Å². The smallest absolute Gasteiger partial charge is 0.441 e. The molecule has 37 heavy (non-hydrogen) atoms. The van der Waals surface area contributed by atoms with E-state index in [0.717, 1.165) is 19.3 Å². The summed E-state index contributed by atoms with van der Waals surface area (Å²) < 4.78 is 68.5. The second kappa shape index (κ2) is 8.55. The SMILES string of the molecule is Cc1cnc(Nc2cc([C@@H]3OC[C@H](OC(=O)NC45CC(C4)C5)[C@H]3F)[nH]n2)n2cc(COC(F)(F)F)nc12. The molecule has 3 aromatic rings. The van der Waals surface area contributed by atoms with Gasteiger partial charge in [0.1, 0.15) is 11.8 Å². The van der Waals surface area contributed by atoms with E-state index < -0.39 is 37.4 Å². The Morgan fingerprint density at radius 3 is 2.84 bits per heavy atom. The highest BCUT2D eigenvalue weighted by molar-refractivity contribution is 5.69. The lowest BCUT2D eigenvalue weighted by molar-refractivity contribution is -0.330. The molecule has 1 saturated heterocycles. The van der Waals surface area contributed by atoms with E-state index in [-0.39, 0.29) is 29.6 Å². The second-order valence-electron chi connectivity index (χ2n) is 9.78. The van der Waals surface area contributed by atoms with Crippen LogP contribution in [0.1, 0.15) is 42.3 Å². The topological polar surface area (TPSA) is 128 Å². The number of hydrogen-bond acceptors (Lipinski definition) is 8. The lowest BCUT2D eigenvalue weighted by Crippen LogP contribution is -2.68. The summed E-state index contributed by atoms with van der Waals surface area (Å²) in [6.45, 7) is 0.859. The zero-order chi connectivity index (χ0) is 25.9. The summed E-state index contributed by atoms with van der Waals surface area (Å²) >= 11 is 0. The lowest BCUT2D eigenvalue weighted by atomic mass is 9.50. The standard InChI is InChI=1S/C22H23F4N7O4/c1-10-6-27-19(33-7-12(28-18(10)33)8-36-22(24,25)26)29-15-2-13(31-32-15)17-16(23)14(9-35-17)37-20(34)30-21-3-11(4-21)5-21/h2,6-7,11,14,16-17H,3-5,8-9H2,1H3,(H,30,34)(H2,27,29,31,32)/t11?,14-,16+,17-,21?/m0/s1. The van der Waals surface area contributed by atoms with Crippen LogP contribution in [0.25, 0.3) is 5.65 Å². The first kappa shape index (κ1) is 23.9. The molecule has 2 bridgehead atoms. The minimum Gasteiger partial charge on any atom is -0.441 e. The van der Waals surface area contributed by atoms with Gasteiger partial charge in [-0.2, -0.15) is 5.10 Å². The molecular weight excluding hydrogens is 502 g/mol. The number of hydrogen-bond donors (Lipinski definition) is 3. The van der Waals surface area contributed by atoms with Crippen molar-refractivity contribution in [1.29, 1.82) is 0 Å². The van der Waals surface area contributed by atoms with Gasteiger partial charge >= 0.3 is 12.5 Å². The molecule has 4 heterocycles. The van der Waals surface area contributed by atoms with Crippen molar-refractivity contribution in [2.45, 2.75) is 63.1 Å². The number of aryl methyl sites for hydroxylation is 1. The quantitative estimate of drug-likeness (QED) is 0.400. The average molecular weight is 525 g/mol. The van der Waals surface area contributed by atoms with Crippen LogP contribution in [0.5, 0.6) is 0 Å². The molecule has 1 aliphatic heterocycles. The molecule has 3 aliphatic carbocycles. The zero-order valence-corrected chi connectivity index (χ0v) is 19.5. The van der Waals surface area contributed by atoms with Gasteiger partial charge < -0.3 is 20.1 Å². The maximum atomic E-state index is 15.1. The summed E-state index contributed by atoms with van der Waals surface area (Å²) in [6.07, 6.45) is -3.41. The highest BCUT2D eigenvalue weighted by Crippen LogP contribution is 2.57. The van der Waals surface area contributed by atoms with E-state index in [4.69, 9.17) is 9.47 Å². The fourth-order valence-electron chi connectivity index (χ4n) is 5.08. The molecule has 4 aliphatic rings. The first-order chi connectivity index (χ1) is 17.6. The molecule has 0 unspecified atom stereocenters. The van der Waals surface area contributed by atoms with Gasteiger partial charge in [-0.25, -0.2) is 19.2 Å². The van der Waals surface area contributed by atoms with Gasteiger partial charge in [0.2, 0.25) is 5.95 Å². The number of fused-ring (bicyclic) bond motifs is 1. The Morgan fingerprint density at radius 1 is 1.35 bits per heavy atom. The van der Waals surface area contributed by atoms with Gasteiger partial charge in [0.25, 0.3) is 0 Å². The summed E-state index contributed by atoms with van der Waals surface area (Å²) in [4.78, 5) is 20.6. The Hall–Kier alpha value is -3.46. The van der Waals surface area contributed by atoms with Gasteiger partial charge in [0.15, 0.2) is 18.1 Å². The molecule has 4 fully saturated rings. The minimum atomic E-state index is -4.78. The number of nitrogens with one attached hydrogen (secondary N) is 3. The van der Waals surface area contributed by atoms with Crippen LogP contribution in [0.15, 0.2) is 18.5 Å². The maximum absolute atomic E-state index is 15.1. The summed E-state index contributed by atoms with van der Waals surface area (Å²) in [6, 6.07) is 1.51. The lowest BCUT2D eigenvalue weighted by Gasteiger charge is -2.61. The van der Waals surface area contributed by atoms with Gasteiger partial charge in [-0.05, 0) is 32.1 Å². The Balaban J connectivity index is 1.11. The van der Waals surface area contributed by atoms with Crippen molar-refractivity contribution in [1.82, 2.24) is 29.9 Å². The van der Waals surface area contributed by atoms with E-state index in [2.05, 4.69) is 35.5 Å². The van der Waals surface area contributed by atoms with E-state index in [9.17, 15) is 18.0 Å². The van der Waals surface area contributed by atoms with Crippen LogP contribution in [-0.4, -0.2) is 61.4 Å². The molecule has 3 saturated carbocycles. The normalized spacial score (nSPS) is 28.6. The number of aromatic amines is 1. The molecule has 0 spiro atoms. The third kappa shape index (κ3) is 4.56. The highest BCUT2D eigenvalue weighted by Gasteiger charge is 2.58. The van der Waals surface area contributed by atoms with Crippen molar-refractivity contribution in [3.8, 4) is 0 Å². The number of rotatable bonds is 7. The number of H-pyrrole nitrogens is 1. The number of imidazole rings is 1. The van der Waals surface area contributed by atoms with Crippen molar-refractivity contribution < 1.29 is 36.6 Å². The molecule has 0 aromatic carbocycles. The van der Waals surface area contributed by atoms with Crippen LogP contribution >= 0.6 is 0 Å². The fraction of sp³-hybridized carbons (Fsp3) is 0.545. The van der Waals surface area contributed by atoms with Crippen LogP contribution in [0, 0.1) is 12.8 Å². The maximum Gasteiger partial charge on any atom is 0.522 e. The average Bonchev–Trinajstić information content (AvgIpc) is 3.50. The largest absolute Gasteiger partial charge is 0.522 e. The van der Waals surface area contributed by atoms with Crippen LogP contribution in [0.3, 0.4) is 0 Å². The molecule has 15 heteroatoms. The fourth-order valence-corrected chi connectivity index (χ4v) is 5.08. The van der Waals surface area contributed by atoms with E-state index in [1.165, 1.54) is 22.9 Å². The highest BCUT2D eigenvalue weighted by atomic mass is 19.4. The van der Waals surface area contributed by atoms with Crippen molar-refractivity contribution >= 4 is 23.5 Å². The van der Waals surface area contributed by atoms with E-state index in [1.807, 2.05) is 0 Å². The molecule has 11 nitrogen and oxygen atoms in total.